The quantitative estimate of drug-likeness (QED) is 0.396. The molecule has 1 saturated heterocycles. The number of benzene rings is 2. The van der Waals surface area contributed by atoms with Gasteiger partial charge in [-0.1, -0.05) is 47.7 Å². The highest BCUT2D eigenvalue weighted by atomic mass is 32.2. The minimum absolute atomic E-state index is 0.178. The van der Waals surface area contributed by atoms with Crippen molar-refractivity contribution in [2.75, 3.05) is 29.0 Å². The molecule has 0 saturated carbocycles. The van der Waals surface area contributed by atoms with Gasteiger partial charge >= 0.3 is 0 Å². The van der Waals surface area contributed by atoms with Gasteiger partial charge in [-0.2, -0.15) is 15.0 Å². The van der Waals surface area contributed by atoms with Crippen molar-refractivity contribution in [1.29, 1.82) is 0 Å². The van der Waals surface area contributed by atoms with Crippen LogP contribution in [0.15, 0.2) is 59.8 Å². The van der Waals surface area contributed by atoms with Gasteiger partial charge in [0.05, 0.1) is 11.4 Å². The van der Waals surface area contributed by atoms with E-state index < -0.39 is 0 Å². The average Bonchev–Trinajstić information content (AvgIpc) is 3.49. The van der Waals surface area contributed by atoms with Gasteiger partial charge in [0, 0.05) is 18.8 Å². The zero-order valence-electron chi connectivity index (χ0n) is 18.3. The van der Waals surface area contributed by atoms with Crippen LogP contribution in [-0.4, -0.2) is 42.8 Å². The molecule has 1 aliphatic rings. The summed E-state index contributed by atoms with van der Waals surface area (Å²) in [6.45, 7) is 4.07. The first-order chi connectivity index (χ1) is 16.2. The van der Waals surface area contributed by atoms with E-state index in [4.69, 9.17) is 5.73 Å². The number of hydrogen-bond donors (Lipinski definition) is 2. The Labute approximate surface area is 196 Å². The predicted octanol–water partition coefficient (Wildman–Crippen LogP) is 3.98. The van der Waals surface area contributed by atoms with E-state index in [-0.39, 0.29) is 5.95 Å². The van der Waals surface area contributed by atoms with Gasteiger partial charge in [-0.3, -0.25) is 4.57 Å². The molecule has 0 spiro atoms. The molecule has 9 nitrogen and oxygen atoms in total. The number of para-hydroxylation sites is 1. The third-order valence-corrected chi connectivity index (χ3v) is 6.28. The maximum atomic E-state index is 5.95. The average molecular weight is 460 g/mol. The molecule has 0 aliphatic carbocycles. The van der Waals surface area contributed by atoms with Gasteiger partial charge in [-0.25, -0.2) is 0 Å². The lowest BCUT2D eigenvalue weighted by atomic mass is 10.2. The van der Waals surface area contributed by atoms with Crippen molar-refractivity contribution in [3.05, 3.63) is 66.0 Å². The van der Waals surface area contributed by atoms with Crippen LogP contribution in [0.3, 0.4) is 0 Å². The van der Waals surface area contributed by atoms with Crippen LogP contribution in [0.25, 0.3) is 5.69 Å². The molecule has 1 aliphatic heterocycles. The van der Waals surface area contributed by atoms with Gasteiger partial charge in [-0.05, 0) is 44.0 Å². The summed E-state index contributed by atoms with van der Waals surface area (Å²) in [5.41, 5.74) is 9.09. The molecule has 3 N–H and O–H groups in total. The lowest BCUT2D eigenvalue weighted by molar-refractivity contribution is 0.840. The molecule has 1 fully saturated rings. The highest BCUT2D eigenvalue weighted by Crippen LogP contribution is 2.30. The summed E-state index contributed by atoms with van der Waals surface area (Å²) in [6, 6.07) is 18.1. The van der Waals surface area contributed by atoms with Crippen molar-refractivity contribution in [3.63, 3.8) is 0 Å². The highest BCUT2D eigenvalue weighted by molar-refractivity contribution is 7.98. The van der Waals surface area contributed by atoms with Crippen LogP contribution in [0.2, 0.25) is 0 Å². The van der Waals surface area contributed by atoms with Crippen molar-refractivity contribution < 1.29 is 0 Å². The van der Waals surface area contributed by atoms with Gasteiger partial charge in [0.2, 0.25) is 17.8 Å². The molecule has 0 bridgehead atoms. The molecule has 33 heavy (non-hydrogen) atoms. The van der Waals surface area contributed by atoms with Crippen molar-refractivity contribution in [2.45, 2.75) is 30.7 Å². The third kappa shape index (κ3) is 4.90. The molecule has 168 valence electrons. The third-order valence-electron chi connectivity index (χ3n) is 5.36. The number of nitrogens with two attached hydrogens (primary N) is 1. The highest BCUT2D eigenvalue weighted by Gasteiger charge is 2.22. The fourth-order valence-electron chi connectivity index (χ4n) is 3.74. The summed E-state index contributed by atoms with van der Waals surface area (Å²) >= 11 is 1.53. The predicted molar refractivity (Wildman–Crippen MR) is 131 cm³/mol. The SMILES string of the molecule is Cc1ccc(-n2c(SCc3nc(N)nc(Nc4ccccc4)n3)nnc2N2CCCC2)cc1. The van der Waals surface area contributed by atoms with E-state index in [1.807, 2.05) is 30.3 Å². The fourth-order valence-corrected chi connectivity index (χ4v) is 4.54. The first kappa shape index (κ1) is 21.2. The van der Waals surface area contributed by atoms with Crippen LogP contribution in [0, 0.1) is 6.92 Å². The Morgan fingerprint density at radius 2 is 1.70 bits per heavy atom. The summed E-state index contributed by atoms with van der Waals surface area (Å²) in [6.07, 6.45) is 2.34. The maximum Gasteiger partial charge on any atom is 0.232 e. The monoisotopic (exact) mass is 459 g/mol. The number of anilines is 4. The number of rotatable bonds is 7. The van der Waals surface area contributed by atoms with E-state index in [1.54, 1.807) is 0 Å². The van der Waals surface area contributed by atoms with Crippen LogP contribution in [0.1, 0.15) is 24.2 Å². The van der Waals surface area contributed by atoms with Crippen molar-refractivity contribution in [1.82, 2.24) is 29.7 Å². The van der Waals surface area contributed by atoms with E-state index in [0.717, 1.165) is 35.6 Å². The standard InChI is InChI=1S/C23H25N9S/c1-16-9-11-18(12-10-16)32-22(31-13-5-6-14-31)29-30-23(32)33-15-19-26-20(24)28-21(27-19)25-17-7-3-2-4-8-17/h2-4,7-12H,5-6,13-15H2,1H3,(H3,24,25,26,27,28). The summed E-state index contributed by atoms with van der Waals surface area (Å²) < 4.78 is 2.11. The van der Waals surface area contributed by atoms with Gasteiger partial charge in [0.1, 0.15) is 5.82 Å². The van der Waals surface area contributed by atoms with Crippen LogP contribution in [0.4, 0.5) is 23.5 Å². The first-order valence-corrected chi connectivity index (χ1v) is 11.9. The lowest BCUT2D eigenvalue weighted by Gasteiger charge is -2.18. The van der Waals surface area contributed by atoms with Crippen LogP contribution in [-0.2, 0) is 5.75 Å². The van der Waals surface area contributed by atoms with E-state index in [2.05, 4.69) is 71.1 Å². The number of nitrogens with one attached hydrogen (secondary N) is 1. The smallest absolute Gasteiger partial charge is 0.232 e. The number of thioether (sulfide) groups is 1. The largest absolute Gasteiger partial charge is 0.368 e. The van der Waals surface area contributed by atoms with Gasteiger partial charge in [0.15, 0.2) is 5.16 Å². The van der Waals surface area contributed by atoms with Crippen LogP contribution >= 0.6 is 11.8 Å². The van der Waals surface area contributed by atoms with Gasteiger partial charge in [0.25, 0.3) is 0 Å². The van der Waals surface area contributed by atoms with Crippen molar-refractivity contribution >= 4 is 35.3 Å². The summed E-state index contributed by atoms with van der Waals surface area (Å²) in [5, 5.41) is 13.0. The van der Waals surface area contributed by atoms with E-state index in [1.165, 1.54) is 30.2 Å². The van der Waals surface area contributed by atoms with E-state index >= 15 is 0 Å². The second-order valence-corrected chi connectivity index (χ2v) is 8.80. The van der Waals surface area contributed by atoms with E-state index in [0.29, 0.717) is 17.5 Å². The Kier molecular flexibility index (Phi) is 6.07. The van der Waals surface area contributed by atoms with Crippen molar-refractivity contribution in [2.24, 2.45) is 0 Å². The zero-order valence-corrected chi connectivity index (χ0v) is 19.2. The number of nitrogens with zero attached hydrogens (tertiary/aromatic N) is 7. The Morgan fingerprint density at radius 1 is 0.939 bits per heavy atom. The number of hydrogen-bond acceptors (Lipinski definition) is 9. The fraction of sp³-hybridized carbons (Fsp3) is 0.261. The topological polar surface area (TPSA) is 111 Å². The van der Waals surface area contributed by atoms with Gasteiger partial charge in [-0.15, -0.1) is 10.2 Å². The minimum Gasteiger partial charge on any atom is -0.368 e. The molecule has 0 amide bonds. The molecule has 4 aromatic rings. The molecular weight excluding hydrogens is 434 g/mol. The molecule has 2 aromatic heterocycles. The molecule has 10 heteroatoms. The molecule has 0 atom stereocenters. The minimum atomic E-state index is 0.178. The number of aromatic nitrogens is 6. The summed E-state index contributed by atoms with van der Waals surface area (Å²) in [7, 11) is 0. The molecular formula is C23H25N9S. The lowest BCUT2D eigenvalue weighted by Crippen LogP contribution is -2.22. The van der Waals surface area contributed by atoms with Gasteiger partial charge < -0.3 is 16.0 Å². The first-order valence-electron chi connectivity index (χ1n) is 10.9. The Morgan fingerprint density at radius 3 is 2.45 bits per heavy atom. The normalized spacial score (nSPS) is 13.4. The summed E-state index contributed by atoms with van der Waals surface area (Å²) in [5.74, 6) is 2.53. The summed E-state index contributed by atoms with van der Waals surface area (Å²) in [4.78, 5) is 15.4. The van der Waals surface area contributed by atoms with Crippen LogP contribution in [0.5, 0.6) is 0 Å². The molecule has 0 unspecified atom stereocenters. The molecule has 3 heterocycles. The Balaban J connectivity index is 1.40. The molecule has 2 aromatic carbocycles. The molecule has 0 radical (unpaired) electrons. The Bertz CT molecular complexity index is 1220. The Hall–Kier alpha value is -3.66. The zero-order chi connectivity index (χ0) is 22.6. The van der Waals surface area contributed by atoms with Crippen molar-refractivity contribution in [3.8, 4) is 5.69 Å². The number of nitrogen functional groups attached to an aromatic ring is 1. The molecule has 5 rings (SSSR count). The number of aryl methyl sites for hydroxylation is 1. The van der Waals surface area contributed by atoms with Crippen LogP contribution < -0.4 is 16.0 Å². The second kappa shape index (κ2) is 9.45. The van der Waals surface area contributed by atoms with E-state index in [9.17, 15) is 0 Å². The second-order valence-electron chi connectivity index (χ2n) is 7.86. The maximum absolute atomic E-state index is 5.95.